The number of ether oxygens (including phenoxy) is 1. The molecular weight excluding hydrogens is 230 g/mol. The van der Waals surface area contributed by atoms with Crippen molar-refractivity contribution in [2.45, 2.75) is 26.3 Å². The fraction of sp³-hybridized carbons (Fsp3) is 0.462. The number of nitrogens with two attached hydrogens (primary N) is 2. The number of carbonyl (C=O) groups excluding carboxylic acids is 1. The van der Waals surface area contributed by atoms with Gasteiger partial charge in [-0.05, 0) is 36.6 Å². The number of carbonyl (C=O) groups is 1. The molecule has 0 saturated carbocycles. The predicted molar refractivity (Wildman–Crippen MR) is 71.0 cm³/mol. The minimum Gasteiger partial charge on any atom is -0.496 e. The third-order valence-corrected chi connectivity index (χ3v) is 3.19. The zero-order valence-electron chi connectivity index (χ0n) is 11.4. The average Bonchev–Trinajstić information content (AvgIpc) is 2.32. The van der Waals surface area contributed by atoms with E-state index in [2.05, 4.69) is 0 Å². The Hall–Kier alpha value is -1.59. The summed E-state index contributed by atoms with van der Waals surface area (Å²) in [5, 5.41) is 1.06. The molecule has 18 heavy (non-hydrogen) atoms. The Morgan fingerprint density at radius 3 is 2.50 bits per heavy atom. The summed E-state index contributed by atoms with van der Waals surface area (Å²) in [7, 11) is 3.15. The van der Waals surface area contributed by atoms with E-state index in [0.29, 0.717) is 0 Å². The molecule has 0 heterocycles. The maximum Gasteiger partial charge on any atom is 0.238 e. The fourth-order valence-electron chi connectivity index (χ4n) is 1.88. The standard InChI is InChI=1S/C13H21N3O2/c1-8-9(2)12(18-4)6-5-10(8)11(14)7-13(17)16(3)15/h5-6,11H,7,14-15H2,1-4H3. The maximum atomic E-state index is 11.5. The number of hydrogen-bond donors (Lipinski definition) is 2. The molecular formula is C13H21N3O2. The normalized spacial score (nSPS) is 12.1. The molecule has 0 fully saturated rings. The van der Waals surface area contributed by atoms with Gasteiger partial charge in [-0.25, -0.2) is 5.84 Å². The van der Waals surface area contributed by atoms with Crippen LogP contribution in [0.25, 0.3) is 0 Å². The molecule has 0 aliphatic heterocycles. The highest BCUT2D eigenvalue weighted by atomic mass is 16.5. The molecule has 0 aromatic heterocycles. The summed E-state index contributed by atoms with van der Waals surface area (Å²) in [6.45, 7) is 3.95. The van der Waals surface area contributed by atoms with Crippen LogP contribution < -0.4 is 16.3 Å². The lowest BCUT2D eigenvalue weighted by atomic mass is 9.95. The Labute approximate surface area is 108 Å². The number of methoxy groups -OCH3 is 1. The summed E-state index contributed by atoms with van der Waals surface area (Å²) in [5.41, 5.74) is 9.09. The van der Waals surface area contributed by atoms with Crippen molar-refractivity contribution in [3.05, 3.63) is 28.8 Å². The Kier molecular flexibility index (Phi) is 4.69. The molecule has 1 atom stereocenters. The van der Waals surface area contributed by atoms with E-state index in [1.165, 1.54) is 7.05 Å². The largest absolute Gasteiger partial charge is 0.496 e. The first kappa shape index (κ1) is 14.5. The van der Waals surface area contributed by atoms with Crippen molar-refractivity contribution in [1.29, 1.82) is 0 Å². The van der Waals surface area contributed by atoms with Crippen LogP contribution in [-0.4, -0.2) is 25.1 Å². The molecule has 0 aliphatic carbocycles. The number of hydrogen-bond acceptors (Lipinski definition) is 4. The van der Waals surface area contributed by atoms with Crippen molar-refractivity contribution < 1.29 is 9.53 Å². The van der Waals surface area contributed by atoms with E-state index >= 15 is 0 Å². The molecule has 0 radical (unpaired) electrons. The first-order chi connectivity index (χ1) is 8.38. The highest BCUT2D eigenvalue weighted by Gasteiger charge is 2.17. The van der Waals surface area contributed by atoms with Crippen molar-refractivity contribution in [3.8, 4) is 5.75 Å². The number of rotatable bonds is 4. The third kappa shape index (κ3) is 3.00. The van der Waals surface area contributed by atoms with Crippen molar-refractivity contribution in [2.75, 3.05) is 14.2 Å². The molecule has 100 valence electrons. The monoisotopic (exact) mass is 251 g/mol. The maximum absolute atomic E-state index is 11.5. The van der Waals surface area contributed by atoms with Crippen LogP contribution in [0.4, 0.5) is 0 Å². The SMILES string of the molecule is COc1ccc(C(N)CC(=O)N(C)N)c(C)c1C. The van der Waals surface area contributed by atoms with Crippen LogP contribution in [0.1, 0.15) is 29.2 Å². The Morgan fingerprint density at radius 2 is 2.00 bits per heavy atom. The molecule has 4 N–H and O–H groups in total. The van der Waals surface area contributed by atoms with Gasteiger partial charge < -0.3 is 10.5 Å². The van der Waals surface area contributed by atoms with Gasteiger partial charge in [0.2, 0.25) is 5.91 Å². The van der Waals surface area contributed by atoms with Crippen molar-refractivity contribution in [2.24, 2.45) is 11.6 Å². The van der Waals surface area contributed by atoms with Gasteiger partial charge in [-0.15, -0.1) is 0 Å². The van der Waals surface area contributed by atoms with Gasteiger partial charge >= 0.3 is 0 Å². The van der Waals surface area contributed by atoms with Gasteiger partial charge in [-0.3, -0.25) is 9.80 Å². The topological polar surface area (TPSA) is 81.6 Å². The minimum atomic E-state index is -0.354. The molecule has 1 aromatic carbocycles. The second kappa shape index (κ2) is 5.84. The summed E-state index contributed by atoms with van der Waals surface area (Å²) in [5.74, 6) is 6.02. The molecule has 1 rings (SSSR count). The number of benzene rings is 1. The molecule has 1 aromatic rings. The van der Waals surface area contributed by atoms with E-state index in [1.807, 2.05) is 26.0 Å². The second-order valence-electron chi connectivity index (χ2n) is 4.42. The molecule has 1 amide bonds. The van der Waals surface area contributed by atoms with Crippen molar-refractivity contribution >= 4 is 5.91 Å². The van der Waals surface area contributed by atoms with E-state index in [1.54, 1.807) is 7.11 Å². The van der Waals surface area contributed by atoms with Crippen molar-refractivity contribution in [1.82, 2.24) is 5.01 Å². The summed E-state index contributed by atoms with van der Waals surface area (Å²) in [6, 6.07) is 3.41. The highest BCUT2D eigenvalue weighted by molar-refractivity contribution is 5.76. The summed E-state index contributed by atoms with van der Waals surface area (Å²) in [4.78, 5) is 11.5. The number of hydrazine groups is 1. The number of nitrogens with zero attached hydrogens (tertiary/aromatic N) is 1. The van der Waals surface area contributed by atoms with Gasteiger partial charge in [-0.1, -0.05) is 6.07 Å². The molecule has 0 bridgehead atoms. The van der Waals surface area contributed by atoms with Crippen LogP contribution in [0.5, 0.6) is 5.75 Å². The quantitative estimate of drug-likeness (QED) is 0.476. The van der Waals surface area contributed by atoms with Crippen LogP contribution in [0.2, 0.25) is 0 Å². The Morgan fingerprint density at radius 1 is 1.39 bits per heavy atom. The molecule has 0 spiro atoms. The van der Waals surface area contributed by atoms with E-state index in [4.69, 9.17) is 16.3 Å². The minimum absolute atomic E-state index is 0.185. The van der Waals surface area contributed by atoms with E-state index < -0.39 is 0 Å². The van der Waals surface area contributed by atoms with Gasteiger partial charge in [0.05, 0.1) is 7.11 Å². The number of amides is 1. The summed E-state index contributed by atoms with van der Waals surface area (Å²) >= 11 is 0. The average molecular weight is 251 g/mol. The molecule has 1 unspecified atom stereocenters. The van der Waals surface area contributed by atoms with E-state index in [9.17, 15) is 4.79 Å². The van der Waals surface area contributed by atoms with Gasteiger partial charge in [0, 0.05) is 19.5 Å². The lowest BCUT2D eigenvalue weighted by Gasteiger charge is -2.19. The Balaban J connectivity index is 2.97. The van der Waals surface area contributed by atoms with Crippen LogP contribution in [-0.2, 0) is 4.79 Å². The van der Waals surface area contributed by atoms with Gasteiger partial charge in [0.15, 0.2) is 0 Å². The highest BCUT2D eigenvalue weighted by Crippen LogP contribution is 2.28. The Bertz CT molecular complexity index is 444. The zero-order valence-corrected chi connectivity index (χ0v) is 11.4. The van der Waals surface area contributed by atoms with Crippen LogP contribution in [0.3, 0.4) is 0 Å². The lowest BCUT2D eigenvalue weighted by Crippen LogP contribution is -2.35. The van der Waals surface area contributed by atoms with Gasteiger partial charge in [-0.2, -0.15) is 0 Å². The second-order valence-corrected chi connectivity index (χ2v) is 4.42. The molecule has 0 aliphatic rings. The smallest absolute Gasteiger partial charge is 0.238 e. The molecule has 5 nitrogen and oxygen atoms in total. The van der Waals surface area contributed by atoms with Gasteiger partial charge in [0.1, 0.15) is 5.75 Å². The fourth-order valence-corrected chi connectivity index (χ4v) is 1.88. The first-order valence-corrected chi connectivity index (χ1v) is 5.79. The van der Waals surface area contributed by atoms with Gasteiger partial charge in [0.25, 0.3) is 0 Å². The first-order valence-electron chi connectivity index (χ1n) is 5.79. The van der Waals surface area contributed by atoms with Crippen LogP contribution in [0.15, 0.2) is 12.1 Å². The van der Waals surface area contributed by atoms with Crippen molar-refractivity contribution in [3.63, 3.8) is 0 Å². The van der Waals surface area contributed by atoms with E-state index in [0.717, 1.165) is 27.4 Å². The summed E-state index contributed by atoms with van der Waals surface area (Å²) in [6.07, 6.45) is 0.194. The zero-order chi connectivity index (χ0) is 13.9. The molecule has 5 heteroatoms. The predicted octanol–water partition coefficient (Wildman–Crippen LogP) is 1.03. The molecule has 0 saturated heterocycles. The van der Waals surface area contributed by atoms with E-state index in [-0.39, 0.29) is 18.4 Å². The van der Waals surface area contributed by atoms with Crippen LogP contribution >= 0.6 is 0 Å². The van der Waals surface area contributed by atoms with Crippen LogP contribution in [0, 0.1) is 13.8 Å². The summed E-state index contributed by atoms with van der Waals surface area (Å²) < 4.78 is 5.24. The lowest BCUT2D eigenvalue weighted by molar-refractivity contribution is -0.130. The third-order valence-electron chi connectivity index (χ3n) is 3.19.